The molecule has 0 aliphatic heterocycles. The van der Waals surface area contributed by atoms with Crippen molar-refractivity contribution in [1.82, 2.24) is 0 Å². The van der Waals surface area contributed by atoms with E-state index in [9.17, 15) is 66.4 Å². The van der Waals surface area contributed by atoms with E-state index in [4.69, 9.17) is 88.2 Å². The fourth-order valence-electron chi connectivity index (χ4n) is 38.9. The molecule has 32 aliphatic carbocycles. The molecule has 0 spiro atoms. The van der Waals surface area contributed by atoms with Crippen LogP contribution < -0.4 is 0 Å². The zero-order valence-corrected chi connectivity index (χ0v) is 83.0. The lowest BCUT2D eigenvalue weighted by atomic mass is 9.42. The Morgan fingerprint density at radius 3 is 0.942 bits per heavy atom. The minimum Gasteiger partial charge on any atom is -0.396 e. The van der Waals surface area contributed by atoms with Crippen molar-refractivity contribution in [2.75, 3.05) is 145 Å². The molecule has 32 rings (SSSR count). The largest absolute Gasteiger partial charge is 0.396 e. The molecule has 20 unspecified atom stereocenters. The summed E-state index contributed by atoms with van der Waals surface area (Å²) >= 11 is 0. The van der Waals surface area contributed by atoms with Crippen LogP contribution in [-0.4, -0.2) is 339 Å². The SMILES string of the molecule is CC1(O)C2CC3CC(C2)C(O)C1C3.CC12CC3(C)CC(O)(C1)CC(O)(C2)C3.F.F.OC12CC3CC(O)(C1)CC(O)(C3)C2.OCC12CC3CC(C1)CC(CO)(C3)C2.OCCOC1(OCCO)C2CC3CC(C2)C(O)C1C3.OCCOC1(OCCO)C2CC3CC1CC(O)(C3)C2.OCCOC12CC3CC(C1)C(OCCO)(OCCO)C(C3)C2.OCCOC1C2CC3CC(C2)C(OCCO)(OCCO)C1C3. The first kappa shape index (κ1) is 111. The van der Waals surface area contributed by atoms with Gasteiger partial charge in [-0.05, 0) is 331 Å². The molecule has 0 radical (unpaired) electrons. The van der Waals surface area contributed by atoms with Crippen LogP contribution in [0.15, 0.2) is 0 Å². The van der Waals surface area contributed by atoms with Gasteiger partial charge in [0.2, 0.25) is 0 Å². The van der Waals surface area contributed by atoms with Crippen molar-refractivity contribution in [2.45, 2.75) is 364 Å². The molecule has 0 aromatic carbocycles. The minimum absolute atomic E-state index is 0. The van der Waals surface area contributed by atoms with Gasteiger partial charge in [-0.2, -0.15) is 0 Å². The highest BCUT2D eigenvalue weighted by atomic mass is 19.0. The molecule has 138 heavy (non-hydrogen) atoms. The quantitative estimate of drug-likeness (QED) is 0.0350. The number of ether oxygens (including phenoxy) is 10. The molecule has 20 atom stereocenters. The number of aliphatic hydroxyl groups is 21. The summed E-state index contributed by atoms with van der Waals surface area (Å²) in [7, 11) is 0. The smallest absolute Gasteiger partial charge is 0.176 e. The zero-order chi connectivity index (χ0) is 96.8. The average Bonchev–Trinajstić information content (AvgIpc) is 0.680. The first-order valence-corrected chi connectivity index (χ1v) is 53.8. The number of halogens is 2. The van der Waals surface area contributed by atoms with E-state index in [1.54, 1.807) is 0 Å². The van der Waals surface area contributed by atoms with Gasteiger partial charge in [0.1, 0.15) is 0 Å². The topological polar surface area (TPSA) is 517 Å². The minimum atomic E-state index is -0.793. The highest BCUT2D eigenvalue weighted by molar-refractivity contribution is 5.20. The first-order chi connectivity index (χ1) is 64.7. The first-order valence-electron chi connectivity index (χ1n) is 53.8. The standard InChI is InChI=1S/2C16H28O6.2C14H24O5.2C12H20O2.C11H18O2.C10H16O3.2FH/c17-1-4-20-15-9-12-7-13(10-15)16(21-5-2-18,22-6-3-19)14(8-12)11-15;17-1-4-20-15-12-7-11-8-13(10-12)16(14(15)9-11,21-5-2-18)22-6-3-19;15-1-3-18-14(19-4-2-16)11-5-10-6-12(14)9-13(17,7-10)8-11;15-1-3-18-14(19-4-2-16)11-6-9-5-10(8-11)13(17)12(14)7-9;1-9-3-10(2)6-11(13,4-9)8-12(14,5-9)7-10;13-7-11-2-9-1-10(4-11)5-12(3-9,6-11)8-14;1-11(13)8-3-6-2-7(5-8)10(12)9(11)4-6;11-8-1-7-2-9(12,4-8)6-10(13,3-7)5-8;;/h12-14,17-19H,1-11H2;11-15,17-19H,1-10H2;10-12,15-17H,1-9H2;9-13,15-17H,1-8H2;13-14H,3-8H2,1-2H3;9-10,13-14H,1-8H2;6-10,12-13H,2-5H2,1H3;7,11-13H,1-6H2;2*1H. The van der Waals surface area contributed by atoms with Gasteiger partial charge in [0.25, 0.3) is 0 Å². The molecule has 0 saturated heterocycles. The maximum atomic E-state index is 10.6. The lowest BCUT2D eigenvalue weighted by Gasteiger charge is -2.66. The Labute approximate surface area is 815 Å². The van der Waals surface area contributed by atoms with Crippen LogP contribution in [0, 0.1) is 146 Å². The molecular formula is C105H180F2O31. The average molecular weight is 1980 g/mol. The second kappa shape index (κ2) is 43.2. The summed E-state index contributed by atoms with van der Waals surface area (Å²) in [6.07, 6.45) is 38.1. The Morgan fingerprint density at radius 2 is 0.551 bits per heavy atom. The summed E-state index contributed by atoms with van der Waals surface area (Å²) in [5.41, 5.74) is -3.93. The van der Waals surface area contributed by atoms with Crippen LogP contribution >= 0.6 is 0 Å². The van der Waals surface area contributed by atoms with Gasteiger partial charge in [-0.3, -0.25) is 9.41 Å². The van der Waals surface area contributed by atoms with Crippen LogP contribution in [0.3, 0.4) is 0 Å². The highest BCUT2D eigenvalue weighted by Gasteiger charge is 2.72. The number of aliphatic hydroxyl groups excluding tert-OH is 14. The second-order valence-corrected chi connectivity index (χ2v) is 51.1. The van der Waals surface area contributed by atoms with Crippen molar-refractivity contribution in [3.05, 3.63) is 0 Å². The van der Waals surface area contributed by atoms with Crippen LogP contribution in [0.5, 0.6) is 0 Å². The fraction of sp³-hybridized carbons (Fsp3) is 1.00. The van der Waals surface area contributed by atoms with Crippen LogP contribution in [-0.2, 0) is 47.4 Å². The van der Waals surface area contributed by atoms with Gasteiger partial charge >= 0.3 is 0 Å². The molecule has 0 aromatic heterocycles. The number of rotatable bonds is 32. The summed E-state index contributed by atoms with van der Waals surface area (Å²) in [6.45, 7) is 9.52. The predicted octanol–water partition coefficient (Wildman–Crippen LogP) is 5.88. The maximum Gasteiger partial charge on any atom is 0.176 e. The van der Waals surface area contributed by atoms with Crippen molar-refractivity contribution in [3.8, 4) is 0 Å². The van der Waals surface area contributed by atoms with Gasteiger partial charge < -0.3 is 155 Å². The Bertz CT molecular complexity index is 3640. The molecule has 0 aromatic rings. The molecule has 0 amide bonds. The Kier molecular flexibility index (Phi) is 34.6. The van der Waals surface area contributed by atoms with Crippen molar-refractivity contribution in [2.24, 2.45) is 146 Å². The Balaban J connectivity index is 0.000000120. The van der Waals surface area contributed by atoms with Crippen LogP contribution in [0.25, 0.3) is 0 Å². The van der Waals surface area contributed by atoms with Crippen molar-refractivity contribution >= 4 is 0 Å². The van der Waals surface area contributed by atoms with Gasteiger partial charge in [-0.25, -0.2) is 0 Å². The van der Waals surface area contributed by atoms with Crippen LogP contribution in [0.2, 0.25) is 0 Å². The number of hydrogen-bond donors (Lipinski definition) is 21. The van der Waals surface area contributed by atoms with Crippen molar-refractivity contribution in [1.29, 1.82) is 0 Å². The lowest BCUT2D eigenvalue weighted by molar-refractivity contribution is -0.364. The second-order valence-electron chi connectivity index (χ2n) is 51.1. The maximum absolute atomic E-state index is 10.6. The lowest BCUT2D eigenvalue weighted by Crippen LogP contribution is -2.66. The van der Waals surface area contributed by atoms with Gasteiger partial charge in [0.15, 0.2) is 23.1 Å². The zero-order valence-electron chi connectivity index (χ0n) is 83.0. The summed E-state index contributed by atoms with van der Waals surface area (Å²) in [5, 5.41) is 203. The summed E-state index contributed by atoms with van der Waals surface area (Å²) < 4.78 is 59.7. The third-order valence-electron chi connectivity index (χ3n) is 40.0. The molecule has 32 aliphatic rings. The van der Waals surface area contributed by atoms with Gasteiger partial charge in [-0.1, -0.05) is 13.8 Å². The molecule has 32 fully saturated rings. The molecule has 32 saturated carbocycles. The van der Waals surface area contributed by atoms with E-state index in [0.29, 0.717) is 111 Å². The normalized spacial score (nSPS) is 48.5. The summed E-state index contributed by atoms with van der Waals surface area (Å²) in [4.78, 5) is 0. The van der Waals surface area contributed by atoms with E-state index in [-0.39, 0.29) is 221 Å². The van der Waals surface area contributed by atoms with Crippen LogP contribution in [0.1, 0.15) is 278 Å². The van der Waals surface area contributed by atoms with Gasteiger partial charge in [0, 0.05) is 92.2 Å². The van der Waals surface area contributed by atoms with E-state index < -0.39 is 62.4 Å². The van der Waals surface area contributed by atoms with E-state index in [0.717, 1.165) is 191 Å². The Morgan fingerprint density at radius 1 is 0.232 bits per heavy atom. The van der Waals surface area contributed by atoms with E-state index >= 15 is 0 Å². The molecule has 0 heterocycles. The summed E-state index contributed by atoms with van der Waals surface area (Å²) in [5.74, 6) is 5.95. The molecule has 800 valence electrons. The molecule has 31 nitrogen and oxygen atoms in total. The van der Waals surface area contributed by atoms with E-state index in [2.05, 4.69) is 13.8 Å². The van der Waals surface area contributed by atoms with Crippen molar-refractivity contribution < 1.29 is 164 Å². The van der Waals surface area contributed by atoms with Crippen LogP contribution in [0.4, 0.5) is 9.41 Å². The number of hydrogen-bond acceptors (Lipinski definition) is 31. The van der Waals surface area contributed by atoms with Gasteiger partial charge in [-0.15, -0.1) is 0 Å². The monoisotopic (exact) mass is 1980 g/mol. The van der Waals surface area contributed by atoms with E-state index in [1.165, 1.54) is 57.8 Å². The summed E-state index contributed by atoms with van der Waals surface area (Å²) in [6, 6.07) is 0. The van der Waals surface area contributed by atoms with Gasteiger partial charge in [0.05, 0.1) is 195 Å². The fourth-order valence-corrected chi connectivity index (χ4v) is 38.9. The third kappa shape index (κ3) is 22.0. The van der Waals surface area contributed by atoms with E-state index in [1.807, 2.05) is 6.92 Å². The molecule has 33 heteroatoms. The van der Waals surface area contributed by atoms with Crippen molar-refractivity contribution in [3.63, 3.8) is 0 Å². The Hall–Kier alpha value is -1.38. The highest BCUT2D eigenvalue weighted by Crippen LogP contribution is 2.71. The molecule has 21 N–H and O–H groups in total. The molecule has 32 bridgehead atoms. The molecular weight excluding hydrogens is 1800 g/mol. The third-order valence-corrected chi connectivity index (χ3v) is 40.0. The predicted molar refractivity (Wildman–Crippen MR) is 498 cm³/mol.